The van der Waals surface area contributed by atoms with Crippen LogP contribution in [-0.2, 0) is 0 Å². The first kappa shape index (κ1) is 15.9. The van der Waals surface area contributed by atoms with Crippen molar-refractivity contribution in [3.8, 4) is 17.5 Å². The minimum atomic E-state index is -0.594. The first-order valence-corrected chi connectivity index (χ1v) is 7.99. The topological polar surface area (TPSA) is 114 Å². The normalized spacial score (nSPS) is 18.0. The fourth-order valence-corrected chi connectivity index (χ4v) is 3.18. The summed E-state index contributed by atoms with van der Waals surface area (Å²) < 4.78 is 1.66. The van der Waals surface area contributed by atoms with E-state index in [-0.39, 0.29) is 17.4 Å². The molecule has 1 aromatic carbocycles. The molecule has 0 spiro atoms. The van der Waals surface area contributed by atoms with Gasteiger partial charge in [0.25, 0.3) is 5.91 Å². The van der Waals surface area contributed by atoms with Gasteiger partial charge in [0, 0.05) is 12.1 Å². The molecule has 0 saturated carbocycles. The lowest BCUT2D eigenvalue weighted by Crippen LogP contribution is -2.27. The van der Waals surface area contributed by atoms with Crippen molar-refractivity contribution in [2.24, 2.45) is 5.73 Å². The van der Waals surface area contributed by atoms with Crippen molar-refractivity contribution in [2.75, 3.05) is 18.8 Å². The second kappa shape index (κ2) is 6.62. The maximum atomic E-state index is 11.9. The number of nitrogens with zero attached hydrogens (tertiary/aromatic N) is 4. The Balaban J connectivity index is 2.06. The molecule has 124 valence electrons. The predicted octanol–water partition coefficient (Wildman–Crippen LogP) is 1.74. The molecule has 2 aromatic rings. The van der Waals surface area contributed by atoms with Gasteiger partial charge in [-0.1, -0.05) is 30.3 Å². The average molecular weight is 324 g/mol. The van der Waals surface area contributed by atoms with Gasteiger partial charge in [0.1, 0.15) is 17.1 Å². The second-order valence-corrected chi connectivity index (χ2v) is 5.98. The SMILES string of the molecule is N#CN1CCCCC(n2nc(-c3ccccc3)c(C(N)=O)c2N)C1. The standard InChI is InChI=1S/C17H20N6O/c18-11-22-9-5-4-8-13(10-22)23-16(19)14(17(20)24)15(21-23)12-6-2-1-3-7-12/h1-3,6-7,13H,4-5,8-10,19H2,(H2,20,24). The van der Waals surface area contributed by atoms with E-state index >= 15 is 0 Å². The molecule has 1 aromatic heterocycles. The van der Waals surface area contributed by atoms with Crippen LogP contribution in [-0.4, -0.2) is 33.7 Å². The summed E-state index contributed by atoms with van der Waals surface area (Å²) >= 11 is 0. The summed E-state index contributed by atoms with van der Waals surface area (Å²) in [5.74, 6) is -0.325. The molecule has 1 fully saturated rings. The van der Waals surface area contributed by atoms with E-state index in [1.165, 1.54) is 0 Å². The number of anilines is 1. The van der Waals surface area contributed by atoms with Gasteiger partial charge in [-0.25, -0.2) is 4.68 Å². The van der Waals surface area contributed by atoms with Gasteiger partial charge in [-0.3, -0.25) is 4.79 Å². The Morgan fingerprint density at radius 3 is 2.71 bits per heavy atom. The molecule has 1 aliphatic heterocycles. The number of aromatic nitrogens is 2. The number of nitrogen functional groups attached to an aromatic ring is 1. The number of nitrogens with two attached hydrogens (primary N) is 2. The third kappa shape index (κ3) is 2.91. The lowest BCUT2D eigenvalue weighted by Gasteiger charge is -2.20. The van der Waals surface area contributed by atoms with Gasteiger partial charge < -0.3 is 16.4 Å². The summed E-state index contributed by atoms with van der Waals surface area (Å²) in [4.78, 5) is 13.6. The first-order chi connectivity index (χ1) is 11.6. The summed E-state index contributed by atoms with van der Waals surface area (Å²) in [5, 5.41) is 13.8. The van der Waals surface area contributed by atoms with Crippen molar-refractivity contribution < 1.29 is 4.79 Å². The molecule has 1 unspecified atom stereocenters. The predicted molar refractivity (Wildman–Crippen MR) is 90.7 cm³/mol. The van der Waals surface area contributed by atoms with E-state index in [1.54, 1.807) is 9.58 Å². The number of hydrogen-bond donors (Lipinski definition) is 2. The highest BCUT2D eigenvalue weighted by molar-refractivity contribution is 6.03. The van der Waals surface area contributed by atoms with Gasteiger partial charge in [-0.15, -0.1) is 0 Å². The largest absolute Gasteiger partial charge is 0.383 e. The number of nitriles is 1. The molecule has 3 rings (SSSR count). The minimum absolute atomic E-state index is 0.0530. The lowest BCUT2D eigenvalue weighted by molar-refractivity contribution is 0.100. The van der Waals surface area contributed by atoms with Crippen LogP contribution < -0.4 is 11.5 Å². The van der Waals surface area contributed by atoms with Gasteiger partial charge in [-0.05, 0) is 19.3 Å². The zero-order chi connectivity index (χ0) is 17.1. The molecule has 0 aliphatic carbocycles. The Morgan fingerprint density at radius 1 is 1.29 bits per heavy atom. The smallest absolute Gasteiger partial charge is 0.254 e. The fraction of sp³-hybridized carbons (Fsp3) is 0.353. The molecular weight excluding hydrogens is 304 g/mol. The van der Waals surface area contributed by atoms with Crippen molar-refractivity contribution in [1.82, 2.24) is 14.7 Å². The Hall–Kier alpha value is -3.01. The number of rotatable bonds is 3. The van der Waals surface area contributed by atoms with E-state index < -0.39 is 5.91 Å². The van der Waals surface area contributed by atoms with Crippen LogP contribution in [0.1, 0.15) is 35.7 Å². The Morgan fingerprint density at radius 2 is 2.04 bits per heavy atom. The maximum Gasteiger partial charge on any atom is 0.254 e. The van der Waals surface area contributed by atoms with Crippen LogP contribution in [0.15, 0.2) is 30.3 Å². The van der Waals surface area contributed by atoms with Crippen LogP contribution in [0, 0.1) is 11.5 Å². The summed E-state index contributed by atoms with van der Waals surface area (Å²) in [5.41, 5.74) is 13.3. The van der Waals surface area contributed by atoms with Crippen LogP contribution >= 0.6 is 0 Å². The molecule has 2 heterocycles. The molecule has 24 heavy (non-hydrogen) atoms. The monoisotopic (exact) mass is 324 g/mol. The highest BCUT2D eigenvalue weighted by atomic mass is 16.1. The maximum absolute atomic E-state index is 11.9. The molecule has 1 atom stereocenters. The van der Waals surface area contributed by atoms with Crippen LogP contribution in [0.2, 0.25) is 0 Å². The van der Waals surface area contributed by atoms with Gasteiger partial charge in [0.15, 0.2) is 6.19 Å². The van der Waals surface area contributed by atoms with Gasteiger partial charge in [0.05, 0.1) is 12.6 Å². The summed E-state index contributed by atoms with van der Waals surface area (Å²) in [7, 11) is 0. The first-order valence-electron chi connectivity index (χ1n) is 7.99. The average Bonchev–Trinajstić information content (AvgIpc) is 2.78. The molecule has 7 heteroatoms. The van der Waals surface area contributed by atoms with Crippen LogP contribution in [0.4, 0.5) is 5.82 Å². The second-order valence-electron chi connectivity index (χ2n) is 5.98. The number of primary amides is 1. The van der Waals surface area contributed by atoms with Crippen molar-refractivity contribution in [3.63, 3.8) is 0 Å². The third-order valence-electron chi connectivity index (χ3n) is 4.37. The van der Waals surface area contributed by atoms with E-state index in [1.807, 2.05) is 30.3 Å². The number of carbonyl (C=O) groups excluding carboxylic acids is 1. The van der Waals surface area contributed by atoms with Gasteiger partial charge >= 0.3 is 0 Å². The van der Waals surface area contributed by atoms with Crippen molar-refractivity contribution in [2.45, 2.75) is 25.3 Å². The summed E-state index contributed by atoms with van der Waals surface area (Å²) in [6, 6.07) is 9.32. The number of carbonyl (C=O) groups is 1. The molecule has 7 nitrogen and oxygen atoms in total. The molecule has 0 bridgehead atoms. The molecule has 0 radical (unpaired) electrons. The molecular formula is C17H20N6O. The molecule has 4 N–H and O–H groups in total. The zero-order valence-corrected chi connectivity index (χ0v) is 13.4. The fourth-order valence-electron chi connectivity index (χ4n) is 3.18. The lowest BCUT2D eigenvalue weighted by atomic mass is 10.1. The van der Waals surface area contributed by atoms with E-state index in [0.717, 1.165) is 31.4 Å². The van der Waals surface area contributed by atoms with Crippen molar-refractivity contribution in [1.29, 1.82) is 5.26 Å². The van der Waals surface area contributed by atoms with E-state index in [9.17, 15) is 10.1 Å². The number of amides is 1. The van der Waals surface area contributed by atoms with E-state index in [0.29, 0.717) is 12.2 Å². The summed E-state index contributed by atoms with van der Waals surface area (Å²) in [6.45, 7) is 1.28. The number of likely N-dealkylation sites (tertiary alicyclic amines) is 1. The van der Waals surface area contributed by atoms with Crippen molar-refractivity contribution >= 4 is 11.7 Å². The highest BCUT2D eigenvalue weighted by Crippen LogP contribution is 2.31. The summed E-state index contributed by atoms with van der Waals surface area (Å²) in [6.07, 6.45) is 5.00. The van der Waals surface area contributed by atoms with Crippen molar-refractivity contribution in [3.05, 3.63) is 35.9 Å². The number of benzene rings is 1. The highest BCUT2D eigenvalue weighted by Gasteiger charge is 2.27. The van der Waals surface area contributed by atoms with Crippen LogP contribution in [0.5, 0.6) is 0 Å². The van der Waals surface area contributed by atoms with Gasteiger partial charge in [0.2, 0.25) is 0 Å². The third-order valence-corrected chi connectivity index (χ3v) is 4.37. The Labute approximate surface area is 140 Å². The molecule has 1 aliphatic rings. The van der Waals surface area contributed by atoms with Crippen LogP contribution in [0.25, 0.3) is 11.3 Å². The Kier molecular flexibility index (Phi) is 4.38. The minimum Gasteiger partial charge on any atom is -0.383 e. The van der Waals surface area contributed by atoms with E-state index in [2.05, 4.69) is 11.3 Å². The van der Waals surface area contributed by atoms with E-state index in [4.69, 9.17) is 11.5 Å². The molecule has 1 amide bonds. The molecule has 1 saturated heterocycles. The quantitative estimate of drug-likeness (QED) is 0.835. The van der Waals surface area contributed by atoms with Crippen LogP contribution in [0.3, 0.4) is 0 Å². The number of hydrogen-bond acceptors (Lipinski definition) is 5. The zero-order valence-electron chi connectivity index (χ0n) is 13.4. The Bertz CT molecular complexity index is 776. The van der Waals surface area contributed by atoms with Gasteiger partial charge in [-0.2, -0.15) is 10.4 Å².